The van der Waals surface area contributed by atoms with Gasteiger partial charge in [0.1, 0.15) is 0 Å². The Hall–Kier alpha value is -1.51. The molecule has 3 heteroatoms. The van der Waals surface area contributed by atoms with Crippen molar-refractivity contribution in [3.63, 3.8) is 0 Å². The Kier molecular flexibility index (Phi) is 4.55. The van der Waals surface area contributed by atoms with Gasteiger partial charge in [-0.1, -0.05) is 26.0 Å². The molecular weight excluding hydrogens is 214 g/mol. The van der Waals surface area contributed by atoms with Crippen molar-refractivity contribution in [3.8, 4) is 0 Å². The molecule has 0 aliphatic rings. The van der Waals surface area contributed by atoms with Gasteiger partial charge in [0, 0.05) is 5.69 Å². The minimum atomic E-state index is -0.538. The fraction of sp³-hybridized carbons (Fsp3) is 0.500. The van der Waals surface area contributed by atoms with Crippen molar-refractivity contribution in [2.24, 2.45) is 0 Å². The highest BCUT2D eigenvalue weighted by atomic mass is 16.5. The number of ether oxygens (including phenoxy) is 1. The van der Waals surface area contributed by atoms with E-state index in [0.717, 1.165) is 18.4 Å². The monoisotopic (exact) mass is 235 g/mol. The van der Waals surface area contributed by atoms with Crippen LogP contribution in [0.25, 0.3) is 0 Å². The molecule has 0 aromatic heterocycles. The number of benzene rings is 1. The second kappa shape index (κ2) is 5.71. The lowest BCUT2D eigenvalue weighted by Gasteiger charge is -2.29. The number of nitrogens with two attached hydrogens (primary N) is 1. The zero-order valence-corrected chi connectivity index (χ0v) is 10.8. The van der Waals surface area contributed by atoms with Crippen molar-refractivity contribution in [3.05, 3.63) is 29.8 Å². The fourth-order valence-corrected chi connectivity index (χ4v) is 2.14. The van der Waals surface area contributed by atoms with Crippen LogP contribution in [0.5, 0.6) is 0 Å². The first kappa shape index (κ1) is 13.6. The lowest BCUT2D eigenvalue weighted by molar-refractivity contribution is -0.150. The summed E-state index contributed by atoms with van der Waals surface area (Å²) in [4.78, 5) is 12.2. The summed E-state index contributed by atoms with van der Waals surface area (Å²) >= 11 is 0. The Morgan fingerprint density at radius 2 is 1.71 bits per heavy atom. The van der Waals surface area contributed by atoms with Crippen LogP contribution in [0, 0.1) is 0 Å². The SMILES string of the molecule is CCOC(=O)C(CC)(CC)c1ccc(N)cc1. The quantitative estimate of drug-likeness (QED) is 0.630. The number of carbonyl (C=O) groups is 1. The first-order chi connectivity index (χ1) is 8.10. The standard InChI is InChI=1S/C14H21NO2/c1-4-14(5-2,13(16)17-6-3)11-7-9-12(15)10-8-11/h7-10H,4-6,15H2,1-3H3. The molecule has 1 aromatic rings. The Balaban J connectivity index is 3.14. The predicted octanol–water partition coefficient (Wildman–Crippen LogP) is 2.89. The molecule has 0 atom stereocenters. The van der Waals surface area contributed by atoms with E-state index >= 15 is 0 Å². The minimum absolute atomic E-state index is 0.144. The van der Waals surface area contributed by atoms with Gasteiger partial charge in [-0.05, 0) is 37.5 Å². The fourth-order valence-electron chi connectivity index (χ4n) is 2.14. The normalized spacial score (nSPS) is 11.2. The molecule has 94 valence electrons. The summed E-state index contributed by atoms with van der Waals surface area (Å²) in [6.07, 6.45) is 1.46. The minimum Gasteiger partial charge on any atom is -0.465 e. The van der Waals surface area contributed by atoms with Crippen LogP contribution >= 0.6 is 0 Å². The zero-order valence-electron chi connectivity index (χ0n) is 10.8. The van der Waals surface area contributed by atoms with E-state index in [9.17, 15) is 4.79 Å². The number of rotatable bonds is 5. The molecule has 0 bridgehead atoms. The highest BCUT2D eigenvalue weighted by molar-refractivity contribution is 5.83. The lowest BCUT2D eigenvalue weighted by Crippen LogP contribution is -2.36. The predicted molar refractivity (Wildman–Crippen MR) is 69.7 cm³/mol. The van der Waals surface area contributed by atoms with E-state index in [1.54, 1.807) is 0 Å². The van der Waals surface area contributed by atoms with Gasteiger partial charge in [0.25, 0.3) is 0 Å². The van der Waals surface area contributed by atoms with E-state index in [1.165, 1.54) is 0 Å². The van der Waals surface area contributed by atoms with E-state index in [1.807, 2.05) is 45.0 Å². The van der Waals surface area contributed by atoms with Crippen LogP contribution in [-0.2, 0) is 14.9 Å². The second-order valence-electron chi connectivity index (χ2n) is 4.13. The average Bonchev–Trinajstić information content (AvgIpc) is 2.34. The molecular formula is C14H21NO2. The van der Waals surface area contributed by atoms with Crippen LogP contribution in [0.2, 0.25) is 0 Å². The van der Waals surface area contributed by atoms with Crippen molar-refractivity contribution < 1.29 is 9.53 Å². The average molecular weight is 235 g/mol. The van der Waals surface area contributed by atoms with E-state index in [4.69, 9.17) is 10.5 Å². The summed E-state index contributed by atoms with van der Waals surface area (Å²) in [6.45, 7) is 6.26. The van der Waals surface area contributed by atoms with Crippen LogP contribution in [0.3, 0.4) is 0 Å². The van der Waals surface area contributed by atoms with Crippen molar-refractivity contribution in [1.82, 2.24) is 0 Å². The van der Waals surface area contributed by atoms with Crippen LogP contribution in [0.4, 0.5) is 5.69 Å². The molecule has 0 saturated carbocycles. The molecule has 0 aliphatic carbocycles. The number of hydrogen-bond acceptors (Lipinski definition) is 3. The maximum atomic E-state index is 12.2. The zero-order chi connectivity index (χ0) is 12.9. The third-order valence-corrected chi connectivity index (χ3v) is 3.34. The van der Waals surface area contributed by atoms with Gasteiger partial charge in [-0.25, -0.2) is 0 Å². The van der Waals surface area contributed by atoms with Gasteiger partial charge in [0.05, 0.1) is 12.0 Å². The second-order valence-corrected chi connectivity index (χ2v) is 4.13. The highest BCUT2D eigenvalue weighted by Gasteiger charge is 2.38. The molecule has 17 heavy (non-hydrogen) atoms. The molecule has 0 fully saturated rings. The number of anilines is 1. The third-order valence-electron chi connectivity index (χ3n) is 3.34. The molecule has 0 spiro atoms. The van der Waals surface area contributed by atoms with Gasteiger partial charge in [0.15, 0.2) is 0 Å². The Bertz CT molecular complexity index is 366. The van der Waals surface area contributed by atoms with Crippen molar-refractivity contribution in [2.45, 2.75) is 39.0 Å². The maximum Gasteiger partial charge on any atom is 0.316 e. The van der Waals surface area contributed by atoms with Crippen molar-refractivity contribution in [1.29, 1.82) is 0 Å². The summed E-state index contributed by atoms with van der Waals surface area (Å²) in [5, 5.41) is 0. The van der Waals surface area contributed by atoms with E-state index in [-0.39, 0.29) is 5.97 Å². The van der Waals surface area contributed by atoms with E-state index in [0.29, 0.717) is 12.3 Å². The van der Waals surface area contributed by atoms with Gasteiger partial charge in [-0.15, -0.1) is 0 Å². The van der Waals surface area contributed by atoms with Crippen LogP contribution in [-0.4, -0.2) is 12.6 Å². The molecule has 1 aromatic carbocycles. The maximum absolute atomic E-state index is 12.2. The Morgan fingerprint density at radius 1 is 1.18 bits per heavy atom. The van der Waals surface area contributed by atoms with Gasteiger partial charge < -0.3 is 10.5 Å². The summed E-state index contributed by atoms with van der Waals surface area (Å²) < 4.78 is 5.20. The number of hydrogen-bond donors (Lipinski definition) is 1. The Morgan fingerprint density at radius 3 is 2.12 bits per heavy atom. The Labute approximate surface area is 103 Å². The van der Waals surface area contributed by atoms with Gasteiger partial charge in [0.2, 0.25) is 0 Å². The molecule has 0 amide bonds. The summed E-state index contributed by atoms with van der Waals surface area (Å²) in [7, 11) is 0. The van der Waals surface area contributed by atoms with Crippen LogP contribution in [0.1, 0.15) is 39.2 Å². The molecule has 0 heterocycles. The number of esters is 1. The highest BCUT2D eigenvalue weighted by Crippen LogP contribution is 2.33. The first-order valence-corrected chi connectivity index (χ1v) is 6.14. The lowest BCUT2D eigenvalue weighted by atomic mass is 9.76. The van der Waals surface area contributed by atoms with Crippen LogP contribution < -0.4 is 5.73 Å². The molecule has 2 N–H and O–H groups in total. The smallest absolute Gasteiger partial charge is 0.316 e. The molecule has 0 radical (unpaired) electrons. The van der Waals surface area contributed by atoms with E-state index < -0.39 is 5.41 Å². The van der Waals surface area contributed by atoms with Crippen molar-refractivity contribution in [2.75, 3.05) is 12.3 Å². The summed E-state index contributed by atoms with van der Waals surface area (Å²) in [5.74, 6) is -0.144. The van der Waals surface area contributed by atoms with Gasteiger partial charge in [-0.3, -0.25) is 4.79 Å². The van der Waals surface area contributed by atoms with Gasteiger partial charge in [-0.2, -0.15) is 0 Å². The number of nitrogen functional groups attached to an aromatic ring is 1. The molecule has 0 aliphatic heterocycles. The van der Waals surface area contributed by atoms with Gasteiger partial charge >= 0.3 is 5.97 Å². The summed E-state index contributed by atoms with van der Waals surface area (Å²) in [5.41, 5.74) is 6.82. The molecule has 0 unspecified atom stereocenters. The van der Waals surface area contributed by atoms with Crippen molar-refractivity contribution >= 4 is 11.7 Å². The number of carbonyl (C=O) groups excluding carboxylic acids is 1. The summed E-state index contributed by atoms with van der Waals surface area (Å²) in [6, 6.07) is 7.49. The first-order valence-electron chi connectivity index (χ1n) is 6.14. The largest absolute Gasteiger partial charge is 0.465 e. The molecule has 1 rings (SSSR count). The molecule has 3 nitrogen and oxygen atoms in total. The molecule has 0 saturated heterocycles. The topological polar surface area (TPSA) is 52.3 Å². The third kappa shape index (κ3) is 2.60. The van der Waals surface area contributed by atoms with E-state index in [2.05, 4.69) is 0 Å². The van der Waals surface area contributed by atoms with Crippen LogP contribution in [0.15, 0.2) is 24.3 Å².